The zero-order valence-electron chi connectivity index (χ0n) is 22.5. The predicted octanol–water partition coefficient (Wildman–Crippen LogP) is 0.415. The van der Waals surface area contributed by atoms with E-state index in [9.17, 15) is 40.2 Å². The van der Waals surface area contributed by atoms with Gasteiger partial charge in [0.25, 0.3) is 6.04 Å². The number of aliphatic carboxylic acids is 2. The number of aromatic nitrogens is 1. The third-order valence-electron chi connectivity index (χ3n) is 7.31. The molecule has 3 heterocycles. The SMILES string of the molecule is C=C[C@H]1[C@H](O[C@@H]2O[C@H](CO)[C@@H](O)[C@H](O)[C@H]2O)OC=C(C(=O)O)[C@H]1/C=C\c1ccc[n+]([C@H](Cc2ccccc2)C(=O)O)c1. The molecule has 224 valence electrons. The Hall–Kier alpha value is -3.91. The second-order valence-corrected chi connectivity index (χ2v) is 10.0. The maximum absolute atomic E-state index is 12.1. The molecule has 0 aliphatic carbocycles. The molecule has 0 bridgehead atoms. The van der Waals surface area contributed by atoms with Crippen LogP contribution in [-0.4, -0.2) is 86.2 Å². The van der Waals surface area contributed by atoms with Crippen LogP contribution in [-0.2, 0) is 30.2 Å². The first-order chi connectivity index (χ1) is 20.1. The van der Waals surface area contributed by atoms with Crippen LogP contribution in [0.1, 0.15) is 17.2 Å². The maximum Gasteiger partial charge on any atom is 0.373 e. The Morgan fingerprint density at radius 2 is 1.76 bits per heavy atom. The normalized spacial score (nSPS) is 30.2. The van der Waals surface area contributed by atoms with Crippen LogP contribution in [0, 0.1) is 11.8 Å². The molecule has 12 nitrogen and oxygen atoms in total. The number of nitrogens with zero attached hydrogens (tertiary/aromatic N) is 1. The monoisotopic (exact) mass is 584 g/mol. The minimum absolute atomic E-state index is 0.110. The standard InChI is InChI=1S/C30H33NO11/c1-2-19-20(11-10-18-9-6-12-31(14-18)22(28(38)39)13-17-7-4-3-5-8-17)21(27(36)37)16-40-29(19)42-30-26(35)25(34)24(33)23(15-32)41-30/h2-12,14,16,19-20,22-26,29-30,32-35H,1,13,15H2,(H-,36,37,38,39)/p+1/b11-10-/t19-,20+,22-,23-,24-,25+,26-,29+,30+/m1/s1. The first-order valence-electron chi connectivity index (χ1n) is 13.3. The Kier molecular flexibility index (Phi) is 10.2. The van der Waals surface area contributed by atoms with Gasteiger partial charge in [-0.3, -0.25) is 0 Å². The predicted molar refractivity (Wildman–Crippen MR) is 145 cm³/mol. The molecule has 6 N–H and O–H groups in total. The van der Waals surface area contributed by atoms with Crippen molar-refractivity contribution in [3.63, 3.8) is 0 Å². The van der Waals surface area contributed by atoms with E-state index in [1.165, 1.54) is 6.08 Å². The van der Waals surface area contributed by atoms with Gasteiger partial charge in [-0.05, 0) is 11.6 Å². The van der Waals surface area contributed by atoms with Crippen LogP contribution in [0.15, 0.2) is 85.4 Å². The highest BCUT2D eigenvalue weighted by molar-refractivity contribution is 5.88. The Bertz CT molecular complexity index is 1310. The molecule has 1 saturated heterocycles. The van der Waals surface area contributed by atoms with Gasteiger partial charge >= 0.3 is 11.9 Å². The van der Waals surface area contributed by atoms with Crippen molar-refractivity contribution in [2.45, 2.75) is 49.5 Å². The molecule has 0 amide bonds. The van der Waals surface area contributed by atoms with Gasteiger partial charge in [-0.15, -0.1) is 6.58 Å². The van der Waals surface area contributed by atoms with E-state index in [1.54, 1.807) is 41.2 Å². The number of ether oxygens (including phenoxy) is 3. The first-order valence-corrected chi connectivity index (χ1v) is 13.3. The number of allylic oxidation sites excluding steroid dienone is 1. The van der Waals surface area contributed by atoms with Gasteiger partial charge in [0.1, 0.15) is 24.4 Å². The number of pyridine rings is 1. The van der Waals surface area contributed by atoms with Crippen LogP contribution in [0.5, 0.6) is 0 Å². The Balaban J connectivity index is 1.57. The molecule has 1 fully saturated rings. The summed E-state index contributed by atoms with van der Waals surface area (Å²) in [6.45, 7) is 3.13. The number of carboxylic acids is 2. The van der Waals surface area contributed by atoms with E-state index in [0.29, 0.717) is 5.56 Å². The molecule has 2 aliphatic rings. The Morgan fingerprint density at radius 3 is 2.40 bits per heavy atom. The van der Waals surface area contributed by atoms with E-state index >= 15 is 0 Å². The highest BCUT2D eigenvalue weighted by Crippen LogP contribution is 2.36. The number of benzene rings is 1. The zero-order chi connectivity index (χ0) is 30.4. The van der Waals surface area contributed by atoms with E-state index in [0.717, 1.165) is 11.8 Å². The van der Waals surface area contributed by atoms with Crippen LogP contribution >= 0.6 is 0 Å². The average molecular weight is 585 g/mol. The molecular weight excluding hydrogens is 550 g/mol. The van der Waals surface area contributed by atoms with Crippen LogP contribution < -0.4 is 4.57 Å². The summed E-state index contributed by atoms with van der Waals surface area (Å²) in [5, 5.41) is 59.7. The summed E-state index contributed by atoms with van der Waals surface area (Å²) >= 11 is 0. The van der Waals surface area contributed by atoms with Crippen LogP contribution in [0.2, 0.25) is 0 Å². The summed E-state index contributed by atoms with van der Waals surface area (Å²) in [6.07, 6.45) is 0.356. The molecule has 0 unspecified atom stereocenters. The summed E-state index contributed by atoms with van der Waals surface area (Å²) in [7, 11) is 0. The van der Waals surface area contributed by atoms with Crippen molar-refractivity contribution >= 4 is 18.0 Å². The molecule has 42 heavy (non-hydrogen) atoms. The molecular formula is C30H34NO11+. The molecule has 2 aliphatic heterocycles. The molecule has 1 aromatic carbocycles. The van der Waals surface area contributed by atoms with Crippen molar-refractivity contribution in [2.75, 3.05) is 6.61 Å². The first kappa shape index (κ1) is 31.0. The van der Waals surface area contributed by atoms with Gasteiger partial charge in [-0.1, -0.05) is 48.6 Å². The molecule has 12 heteroatoms. The van der Waals surface area contributed by atoms with Gasteiger partial charge in [0.05, 0.1) is 24.4 Å². The minimum Gasteiger partial charge on any atom is -0.478 e. The fourth-order valence-electron chi connectivity index (χ4n) is 4.98. The average Bonchev–Trinajstić information content (AvgIpc) is 2.99. The number of aliphatic hydroxyl groups is 4. The molecule has 1 aromatic heterocycles. The lowest BCUT2D eigenvalue weighted by Crippen LogP contribution is -2.60. The van der Waals surface area contributed by atoms with Crippen molar-refractivity contribution in [3.8, 4) is 0 Å². The summed E-state index contributed by atoms with van der Waals surface area (Å²) in [6, 6.07) is 11.8. The third-order valence-corrected chi connectivity index (χ3v) is 7.31. The van der Waals surface area contributed by atoms with E-state index in [1.807, 2.05) is 30.3 Å². The van der Waals surface area contributed by atoms with Crippen molar-refractivity contribution in [2.24, 2.45) is 11.8 Å². The van der Waals surface area contributed by atoms with E-state index < -0.39 is 73.4 Å². The van der Waals surface area contributed by atoms with Crippen molar-refractivity contribution in [1.82, 2.24) is 0 Å². The van der Waals surface area contributed by atoms with Gasteiger partial charge in [-0.25, -0.2) is 9.59 Å². The highest BCUT2D eigenvalue weighted by Gasteiger charge is 2.47. The second-order valence-electron chi connectivity index (χ2n) is 10.0. The fourth-order valence-corrected chi connectivity index (χ4v) is 4.98. The van der Waals surface area contributed by atoms with Gasteiger partial charge < -0.3 is 44.8 Å². The summed E-state index contributed by atoms with van der Waals surface area (Å²) in [4.78, 5) is 24.2. The largest absolute Gasteiger partial charge is 0.478 e. The molecule has 0 spiro atoms. The molecule has 9 atom stereocenters. The molecule has 0 saturated carbocycles. The molecule has 2 aromatic rings. The van der Waals surface area contributed by atoms with E-state index in [-0.39, 0.29) is 12.0 Å². The number of hydrogen-bond donors (Lipinski definition) is 6. The Morgan fingerprint density at radius 1 is 1.02 bits per heavy atom. The van der Waals surface area contributed by atoms with Gasteiger partial charge in [0.15, 0.2) is 18.7 Å². The van der Waals surface area contributed by atoms with Crippen LogP contribution in [0.25, 0.3) is 6.08 Å². The van der Waals surface area contributed by atoms with Gasteiger partial charge in [0, 0.05) is 24.0 Å². The number of carbonyl (C=O) groups is 2. The van der Waals surface area contributed by atoms with E-state index in [4.69, 9.17) is 14.2 Å². The van der Waals surface area contributed by atoms with Crippen molar-refractivity contribution in [1.29, 1.82) is 0 Å². The summed E-state index contributed by atoms with van der Waals surface area (Å²) in [5.74, 6) is -3.91. The molecule has 4 rings (SSSR count). The summed E-state index contributed by atoms with van der Waals surface area (Å²) < 4.78 is 18.3. The smallest absolute Gasteiger partial charge is 0.373 e. The highest BCUT2D eigenvalue weighted by atomic mass is 16.8. The topological polar surface area (TPSA) is 187 Å². The Labute approximate surface area is 241 Å². The zero-order valence-corrected chi connectivity index (χ0v) is 22.5. The van der Waals surface area contributed by atoms with Gasteiger partial charge in [-0.2, -0.15) is 4.57 Å². The lowest BCUT2D eigenvalue weighted by molar-refractivity contribution is -0.710. The van der Waals surface area contributed by atoms with E-state index in [2.05, 4.69) is 6.58 Å². The minimum atomic E-state index is -1.69. The number of rotatable bonds is 11. The molecule has 0 radical (unpaired) electrons. The lowest BCUT2D eigenvalue weighted by atomic mass is 9.83. The lowest BCUT2D eigenvalue weighted by Gasteiger charge is -2.42. The van der Waals surface area contributed by atoms with Gasteiger partial charge in [0.2, 0.25) is 6.29 Å². The van der Waals surface area contributed by atoms with Crippen LogP contribution in [0.3, 0.4) is 0 Å². The second kappa shape index (κ2) is 13.8. The number of carboxylic acid groups (broad SMARTS) is 2. The quantitative estimate of drug-likeness (QED) is 0.159. The number of aliphatic hydroxyl groups excluding tert-OH is 4. The summed E-state index contributed by atoms with van der Waals surface area (Å²) in [5.41, 5.74) is 1.35. The third kappa shape index (κ3) is 6.93. The van der Waals surface area contributed by atoms with Crippen LogP contribution in [0.4, 0.5) is 0 Å². The fraction of sp³-hybridized carbons (Fsp3) is 0.367. The number of hydrogen-bond acceptors (Lipinski definition) is 9. The van der Waals surface area contributed by atoms with Crippen molar-refractivity contribution < 1.29 is 59.0 Å². The van der Waals surface area contributed by atoms with Crippen molar-refractivity contribution in [3.05, 3.63) is 96.6 Å². The maximum atomic E-state index is 12.1.